The van der Waals surface area contributed by atoms with Crippen LogP contribution in [0, 0.1) is 0 Å². The van der Waals surface area contributed by atoms with Gasteiger partial charge in [0.05, 0.1) is 6.61 Å². The maximum absolute atomic E-state index is 11.5. The van der Waals surface area contributed by atoms with Gasteiger partial charge in [0.25, 0.3) is 0 Å². The molecule has 0 saturated heterocycles. The monoisotopic (exact) mass is 253 g/mol. The minimum atomic E-state index is -0.113. The molecule has 0 unspecified atom stereocenters. The second-order valence-electron chi connectivity index (χ2n) is 3.74. The van der Waals surface area contributed by atoms with Crippen molar-refractivity contribution in [1.82, 2.24) is 0 Å². The van der Waals surface area contributed by atoms with Crippen LogP contribution in [-0.4, -0.2) is 37.9 Å². The van der Waals surface area contributed by atoms with Crippen molar-refractivity contribution < 1.29 is 19.4 Å². The SMILES string of the molecule is COCCOc1cccc(NC(=O)CCCO)c1. The zero-order valence-electron chi connectivity index (χ0n) is 10.5. The lowest BCUT2D eigenvalue weighted by atomic mass is 10.2. The lowest BCUT2D eigenvalue weighted by Gasteiger charge is -2.08. The third-order valence-electron chi connectivity index (χ3n) is 2.24. The van der Waals surface area contributed by atoms with Crippen LogP contribution < -0.4 is 10.1 Å². The van der Waals surface area contributed by atoms with Crippen LogP contribution in [0.4, 0.5) is 5.69 Å². The van der Waals surface area contributed by atoms with Crippen molar-refractivity contribution in [3.05, 3.63) is 24.3 Å². The number of amides is 1. The summed E-state index contributed by atoms with van der Waals surface area (Å²) in [5, 5.41) is 11.4. The molecule has 1 rings (SSSR count). The molecule has 0 aromatic heterocycles. The van der Waals surface area contributed by atoms with Crippen LogP contribution in [0.25, 0.3) is 0 Å². The number of carbonyl (C=O) groups excluding carboxylic acids is 1. The fraction of sp³-hybridized carbons (Fsp3) is 0.462. The van der Waals surface area contributed by atoms with Gasteiger partial charge in [0.2, 0.25) is 5.91 Å². The van der Waals surface area contributed by atoms with Gasteiger partial charge in [-0.15, -0.1) is 0 Å². The number of carbonyl (C=O) groups is 1. The molecular formula is C13H19NO4. The molecule has 0 aliphatic rings. The Morgan fingerprint density at radius 1 is 1.39 bits per heavy atom. The summed E-state index contributed by atoms with van der Waals surface area (Å²) in [4.78, 5) is 11.5. The number of aliphatic hydroxyl groups excluding tert-OH is 1. The molecule has 1 aromatic carbocycles. The molecule has 5 heteroatoms. The number of aliphatic hydroxyl groups is 1. The van der Waals surface area contributed by atoms with Gasteiger partial charge >= 0.3 is 0 Å². The van der Waals surface area contributed by atoms with Crippen molar-refractivity contribution in [1.29, 1.82) is 0 Å². The Morgan fingerprint density at radius 2 is 2.22 bits per heavy atom. The van der Waals surface area contributed by atoms with Gasteiger partial charge in [-0.25, -0.2) is 0 Å². The first-order chi connectivity index (χ1) is 8.76. The van der Waals surface area contributed by atoms with Crippen molar-refractivity contribution in [3.8, 4) is 5.75 Å². The molecular weight excluding hydrogens is 234 g/mol. The maximum Gasteiger partial charge on any atom is 0.224 e. The number of nitrogens with one attached hydrogen (secondary N) is 1. The summed E-state index contributed by atoms with van der Waals surface area (Å²) in [6, 6.07) is 7.18. The maximum atomic E-state index is 11.5. The van der Waals surface area contributed by atoms with E-state index in [1.54, 1.807) is 19.2 Å². The minimum absolute atomic E-state index is 0.0214. The average Bonchev–Trinajstić information content (AvgIpc) is 2.37. The third kappa shape index (κ3) is 5.65. The molecule has 1 amide bonds. The number of methoxy groups -OCH3 is 1. The van der Waals surface area contributed by atoms with Crippen molar-refractivity contribution in [2.24, 2.45) is 0 Å². The number of benzene rings is 1. The predicted octanol–water partition coefficient (Wildman–Crippen LogP) is 1.42. The quantitative estimate of drug-likeness (QED) is 0.688. The Morgan fingerprint density at radius 3 is 2.94 bits per heavy atom. The van der Waals surface area contributed by atoms with Crippen LogP contribution in [0.5, 0.6) is 5.75 Å². The van der Waals surface area contributed by atoms with E-state index in [-0.39, 0.29) is 12.5 Å². The van der Waals surface area contributed by atoms with Gasteiger partial charge in [-0.05, 0) is 18.6 Å². The number of ether oxygens (including phenoxy) is 2. The van der Waals surface area contributed by atoms with Gasteiger partial charge in [-0.2, -0.15) is 0 Å². The summed E-state index contributed by atoms with van der Waals surface area (Å²) in [5.74, 6) is 0.574. The molecule has 0 bridgehead atoms. The lowest BCUT2D eigenvalue weighted by molar-refractivity contribution is -0.116. The highest BCUT2D eigenvalue weighted by Crippen LogP contribution is 2.17. The number of rotatable bonds is 8. The van der Waals surface area contributed by atoms with Crippen molar-refractivity contribution >= 4 is 11.6 Å². The molecule has 0 heterocycles. The van der Waals surface area contributed by atoms with Crippen LogP contribution in [0.3, 0.4) is 0 Å². The molecule has 1 aromatic rings. The van der Waals surface area contributed by atoms with Crippen LogP contribution in [0.1, 0.15) is 12.8 Å². The van der Waals surface area contributed by atoms with Gasteiger partial charge in [0, 0.05) is 31.9 Å². The Balaban J connectivity index is 2.45. The lowest BCUT2D eigenvalue weighted by Crippen LogP contribution is -2.12. The third-order valence-corrected chi connectivity index (χ3v) is 2.24. The van der Waals surface area contributed by atoms with E-state index < -0.39 is 0 Å². The highest BCUT2D eigenvalue weighted by Gasteiger charge is 2.02. The predicted molar refractivity (Wildman–Crippen MR) is 68.8 cm³/mol. The van der Waals surface area contributed by atoms with Crippen LogP contribution >= 0.6 is 0 Å². The molecule has 5 nitrogen and oxygen atoms in total. The molecule has 0 saturated carbocycles. The number of hydrogen-bond acceptors (Lipinski definition) is 4. The standard InChI is InChI=1S/C13H19NO4/c1-17-8-9-18-12-5-2-4-11(10-12)14-13(16)6-3-7-15/h2,4-5,10,15H,3,6-9H2,1H3,(H,14,16). The molecule has 0 radical (unpaired) electrons. The van der Waals surface area contributed by atoms with Gasteiger partial charge in [0.15, 0.2) is 0 Å². The molecule has 0 aliphatic carbocycles. The van der Waals surface area contributed by atoms with Crippen molar-refractivity contribution in [2.75, 3.05) is 32.2 Å². The van der Waals surface area contributed by atoms with Crippen LogP contribution in [0.15, 0.2) is 24.3 Å². The molecule has 2 N–H and O–H groups in total. The summed E-state index contributed by atoms with van der Waals surface area (Å²) in [5.41, 5.74) is 0.688. The summed E-state index contributed by atoms with van der Waals surface area (Å²) >= 11 is 0. The number of hydrogen-bond donors (Lipinski definition) is 2. The smallest absolute Gasteiger partial charge is 0.224 e. The van der Waals surface area contributed by atoms with Crippen molar-refractivity contribution in [3.63, 3.8) is 0 Å². The largest absolute Gasteiger partial charge is 0.491 e. The molecule has 18 heavy (non-hydrogen) atoms. The Labute approximate surface area is 107 Å². The van der Waals surface area contributed by atoms with E-state index in [2.05, 4.69) is 5.32 Å². The molecule has 100 valence electrons. The van der Waals surface area contributed by atoms with E-state index in [9.17, 15) is 4.79 Å². The van der Waals surface area contributed by atoms with E-state index >= 15 is 0 Å². The summed E-state index contributed by atoms with van der Waals surface area (Å²) in [7, 11) is 1.61. The van der Waals surface area contributed by atoms with Gasteiger partial charge < -0.3 is 19.9 Å². The highest BCUT2D eigenvalue weighted by molar-refractivity contribution is 5.90. The first kappa shape index (κ1) is 14.5. The van der Waals surface area contributed by atoms with E-state index in [0.717, 1.165) is 0 Å². The van der Waals surface area contributed by atoms with Crippen LogP contribution in [0.2, 0.25) is 0 Å². The molecule has 0 fully saturated rings. The average molecular weight is 253 g/mol. The molecule has 0 aliphatic heterocycles. The molecule has 0 atom stereocenters. The Bertz CT molecular complexity index is 368. The molecule has 0 spiro atoms. The first-order valence-corrected chi connectivity index (χ1v) is 5.88. The zero-order chi connectivity index (χ0) is 13.2. The Kier molecular flexibility index (Phi) is 6.83. The second kappa shape index (κ2) is 8.49. The van der Waals surface area contributed by atoms with E-state index in [1.807, 2.05) is 12.1 Å². The van der Waals surface area contributed by atoms with Gasteiger partial charge in [0.1, 0.15) is 12.4 Å². The summed E-state index contributed by atoms with van der Waals surface area (Å²) < 4.78 is 10.3. The Hall–Kier alpha value is -1.59. The fourth-order valence-corrected chi connectivity index (χ4v) is 1.37. The fourth-order valence-electron chi connectivity index (χ4n) is 1.37. The van der Waals surface area contributed by atoms with Gasteiger partial charge in [-0.3, -0.25) is 4.79 Å². The van der Waals surface area contributed by atoms with E-state index in [4.69, 9.17) is 14.6 Å². The van der Waals surface area contributed by atoms with Gasteiger partial charge in [-0.1, -0.05) is 6.07 Å². The first-order valence-electron chi connectivity index (χ1n) is 5.88. The van der Waals surface area contributed by atoms with Crippen LogP contribution in [-0.2, 0) is 9.53 Å². The summed E-state index contributed by atoms with van der Waals surface area (Å²) in [6.45, 7) is 1.01. The van der Waals surface area contributed by atoms with Crippen molar-refractivity contribution in [2.45, 2.75) is 12.8 Å². The van der Waals surface area contributed by atoms with E-state index in [1.165, 1.54) is 0 Å². The second-order valence-corrected chi connectivity index (χ2v) is 3.74. The van der Waals surface area contributed by atoms with E-state index in [0.29, 0.717) is 37.5 Å². The minimum Gasteiger partial charge on any atom is -0.491 e. The zero-order valence-corrected chi connectivity index (χ0v) is 10.5. The normalized spacial score (nSPS) is 10.1. The highest BCUT2D eigenvalue weighted by atomic mass is 16.5. The topological polar surface area (TPSA) is 67.8 Å². The number of anilines is 1. The summed E-state index contributed by atoms with van der Waals surface area (Å²) in [6.07, 6.45) is 0.779.